The van der Waals surface area contributed by atoms with E-state index in [9.17, 15) is 32.7 Å². The summed E-state index contributed by atoms with van der Waals surface area (Å²) in [7, 11) is 0. The Morgan fingerprint density at radius 2 is 1.42 bits per heavy atom. The highest BCUT2D eigenvalue weighted by Crippen LogP contribution is 2.21. The largest absolute Gasteiger partial charge is 0.507 e. The number of amides is 1. The highest BCUT2D eigenvalue weighted by molar-refractivity contribution is 6.41. The van der Waals surface area contributed by atoms with Crippen LogP contribution < -0.4 is 10.5 Å². The summed E-state index contributed by atoms with van der Waals surface area (Å²) in [6.45, 7) is 1.67. The Morgan fingerprint density at radius 3 is 2.05 bits per heavy atom. The maximum Gasteiger partial charge on any atom is 0.294 e. The smallest absolute Gasteiger partial charge is 0.294 e. The van der Waals surface area contributed by atoms with Gasteiger partial charge in [-0.2, -0.15) is 0 Å². The minimum absolute atomic E-state index is 0.0563. The summed E-state index contributed by atoms with van der Waals surface area (Å²) in [5.74, 6) is -5.87. The number of aliphatic hydroxyl groups excluding tert-OH is 1. The molecule has 2 heterocycles. The predicted molar refractivity (Wildman–Crippen MR) is 156 cm³/mol. The number of pyridine rings is 1. The maximum absolute atomic E-state index is 14.4. The number of halogens is 3. The third kappa shape index (κ3) is 6.86. The fourth-order valence-electron chi connectivity index (χ4n) is 5.05. The molecule has 1 fully saturated rings. The highest BCUT2D eigenvalue weighted by atomic mass is 19.1. The molecule has 0 unspecified atom stereocenters. The topological polar surface area (TPSA) is 82.8 Å². The molecule has 1 N–H and O–H groups in total. The highest BCUT2D eigenvalue weighted by Gasteiger charge is 2.26. The number of benzene rings is 3. The molecule has 3 aromatic carbocycles. The summed E-state index contributed by atoms with van der Waals surface area (Å²) in [6.07, 6.45) is 1.71. The minimum Gasteiger partial charge on any atom is -0.507 e. The van der Waals surface area contributed by atoms with E-state index in [1.165, 1.54) is 21.7 Å². The first-order valence-corrected chi connectivity index (χ1v) is 13.6. The molecule has 0 bridgehead atoms. The van der Waals surface area contributed by atoms with Gasteiger partial charge in [-0.1, -0.05) is 48.5 Å². The third-order valence-corrected chi connectivity index (χ3v) is 7.27. The van der Waals surface area contributed by atoms with Gasteiger partial charge in [0.15, 0.2) is 0 Å². The Kier molecular flexibility index (Phi) is 8.75. The summed E-state index contributed by atoms with van der Waals surface area (Å²) >= 11 is 0. The number of carbonyl (C=O) groups excluding carboxylic acids is 2. The van der Waals surface area contributed by atoms with Crippen molar-refractivity contribution in [3.05, 3.63) is 141 Å². The van der Waals surface area contributed by atoms with Crippen LogP contribution in [-0.4, -0.2) is 52.4 Å². The predicted octanol–water partition coefficient (Wildman–Crippen LogP) is 4.72. The standard InChI is InChI=1S/C33H28F3N3O4/c34-24-17-28(35)26(29(36)18-24)15-23-16-27(32(42)39(21-23)20-22-7-3-1-4-8-22)30(40)19-31(41)33(43)38-13-11-37(12-14-38)25-9-5-2-6-10-25/h1-10,16-19,21,40H,11-15,20H2/b30-19-. The van der Waals surface area contributed by atoms with Gasteiger partial charge < -0.3 is 19.5 Å². The molecular formula is C33H28F3N3O4. The summed E-state index contributed by atoms with van der Waals surface area (Å²) < 4.78 is 43.6. The molecule has 10 heteroatoms. The van der Waals surface area contributed by atoms with Crippen molar-refractivity contribution in [2.45, 2.75) is 13.0 Å². The number of anilines is 1. The van der Waals surface area contributed by atoms with E-state index in [2.05, 4.69) is 4.90 Å². The van der Waals surface area contributed by atoms with Gasteiger partial charge in [-0.15, -0.1) is 0 Å². The van der Waals surface area contributed by atoms with E-state index in [1.54, 1.807) is 30.3 Å². The number of aliphatic hydroxyl groups is 1. The van der Waals surface area contributed by atoms with Crippen LogP contribution in [0.4, 0.5) is 18.9 Å². The van der Waals surface area contributed by atoms with Crippen molar-refractivity contribution in [1.82, 2.24) is 9.47 Å². The summed E-state index contributed by atoms with van der Waals surface area (Å²) in [5, 5.41) is 10.9. The molecule has 1 saturated heterocycles. The summed E-state index contributed by atoms with van der Waals surface area (Å²) in [4.78, 5) is 42.6. The summed E-state index contributed by atoms with van der Waals surface area (Å²) in [6, 6.07) is 20.9. The van der Waals surface area contributed by atoms with Crippen LogP contribution in [-0.2, 0) is 22.6 Å². The van der Waals surface area contributed by atoms with E-state index < -0.39 is 46.0 Å². The molecule has 1 aliphatic heterocycles. The van der Waals surface area contributed by atoms with Crippen molar-refractivity contribution in [3.8, 4) is 0 Å². The van der Waals surface area contributed by atoms with Gasteiger partial charge in [-0.3, -0.25) is 14.4 Å². The van der Waals surface area contributed by atoms with E-state index in [-0.39, 0.29) is 24.1 Å². The lowest BCUT2D eigenvalue weighted by Gasteiger charge is -2.35. The van der Waals surface area contributed by atoms with Crippen LogP contribution >= 0.6 is 0 Å². The number of carbonyl (C=O) groups is 2. The van der Waals surface area contributed by atoms with Crippen molar-refractivity contribution < 1.29 is 27.9 Å². The first-order chi connectivity index (χ1) is 20.7. The number of ketones is 1. The Bertz CT molecular complexity index is 1710. The van der Waals surface area contributed by atoms with Gasteiger partial charge in [0.05, 0.1) is 12.1 Å². The first-order valence-electron chi connectivity index (χ1n) is 13.6. The number of aromatic nitrogens is 1. The Morgan fingerprint density at radius 1 is 0.814 bits per heavy atom. The lowest BCUT2D eigenvalue weighted by atomic mass is 10.0. The molecule has 4 aromatic rings. The van der Waals surface area contributed by atoms with Gasteiger partial charge in [0.2, 0.25) is 5.78 Å². The average Bonchev–Trinajstić information content (AvgIpc) is 3.01. The Labute approximate surface area is 245 Å². The van der Waals surface area contributed by atoms with Crippen LogP contribution in [0.5, 0.6) is 0 Å². The molecule has 1 aromatic heterocycles. The molecule has 1 amide bonds. The van der Waals surface area contributed by atoms with E-state index >= 15 is 0 Å². The Balaban J connectivity index is 1.40. The number of hydrogen-bond donors (Lipinski definition) is 1. The van der Waals surface area contributed by atoms with Crippen LogP contribution in [0.3, 0.4) is 0 Å². The normalized spacial score (nSPS) is 13.7. The third-order valence-electron chi connectivity index (χ3n) is 7.27. The molecule has 0 radical (unpaired) electrons. The van der Waals surface area contributed by atoms with Gasteiger partial charge >= 0.3 is 0 Å². The van der Waals surface area contributed by atoms with Crippen molar-refractivity contribution in [3.63, 3.8) is 0 Å². The monoisotopic (exact) mass is 587 g/mol. The number of rotatable bonds is 8. The summed E-state index contributed by atoms with van der Waals surface area (Å²) in [5.41, 5.74) is 0.513. The molecule has 5 rings (SSSR count). The second-order valence-corrected chi connectivity index (χ2v) is 10.2. The number of hydrogen-bond acceptors (Lipinski definition) is 5. The molecule has 7 nitrogen and oxygen atoms in total. The zero-order chi connectivity index (χ0) is 30.5. The van der Waals surface area contributed by atoms with E-state index in [0.29, 0.717) is 44.4 Å². The fourth-order valence-corrected chi connectivity index (χ4v) is 5.05. The van der Waals surface area contributed by atoms with Crippen LogP contribution in [0.25, 0.3) is 5.76 Å². The second-order valence-electron chi connectivity index (χ2n) is 10.2. The molecule has 43 heavy (non-hydrogen) atoms. The van der Waals surface area contributed by atoms with Crippen molar-refractivity contribution in [2.75, 3.05) is 31.1 Å². The van der Waals surface area contributed by atoms with Crippen LogP contribution in [0.2, 0.25) is 0 Å². The molecule has 0 saturated carbocycles. The minimum atomic E-state index is -1.10. The fraction of sp³-hybridized carbons (Fsp3) is 0.182. The Hall–Kier alpha value is -5.12. The van der Waals surface area contributed by atoms with Crippen LogP contribution in [0.15, 0.2) is 95.9 Å². The van der Waals surface area contributed by atoms with Crippen molar-refractivity contribution in [1.29, 1.82) is 0 Å². The van der Waals surface area contributed by atoms with Gasteiger partial charge in [0, 0.05) is 68.3 Å². The van der Waals surface area contributed by atoms with Crippen LogP contribution in [0.1, 0.15) is 22.3 Å². The number of para-hydroxylation sites is 1. The van der Waals surface area contributed by atoms with Gasteiger partial charge in [0.1, 0.15) is 23.2 Å². The number of piperazine rings is 1. The molecule has 1 aliphatic rings. The van der Waals surface area contributed by atoms with E-state index in [4.69, 9.17) is 0 Å². The molecule has 0 aliphatic carbocycles. The molecule has 220 valence electrons. The van der Waals surface area contributed by atoms with Gasteiger partial charge in [0.25, 0.3) is 11.5 Å². The quantitative estimate of drug-likeness (QED) is 0.183. The van der Waals surface area contributed by atoms with E-state index in [0.717, 1.165) is 11.3 Å². The van der Waals surface area contributed by atoms with E-state index in [1.807, 2.05) is 30.3 Å². The first kappa shape index (κ1) is 29.4. The molecule has 0 atom stereocenters. The lowest BCUT2D eigenvalue weighted by Crippen LogP contribution is -2.50. The molecule has 0 spiro atoms. The van der Waals surface area contributed by atoms with Crippen molar-refractivity contribution in [2.24, 2.45) is 0 Å². The average molecular weight is 588 g/mol. The second kappa shape index (κ2) is 12.8. The number of nitrogens with zero attached hydrogens (tertiary/aromatic N) is 3. The zero-order valence-corrected chi connectivity index (χ0v) is 23.1. The van der Waals surface area contributed by atoms with Crippen molar-refractivity contribution >= 4 is 23.1 Å². The van der Waals surface area contributed by atoms with Crippen LogP contribution in [0, 0.1) is 17.5 Å². The van der Waals surface area contributed by atoms with Gasteiger partial charge in [-0.05, 0) is 29.3 Å². The lowest BCUT2D eigenvalue weighted by molar-refractivity contribution is -0.142. The zero-order valence-electron chi connectivity index (χ0n) is 23.1. The molecular weight excluding hydrogens is 559 g/mol. The van der Waals surface area contributed by atoms with Gasteiger partial charge in [-0.25, -0.2) is 13.2 Å². The maximum atomic E-state index is 14.4. The SMILES string of the molecule is O=C(/C=C(\O)c1cc(Cc2c(F)cc(F)cc2F)cn(Cc2ccccc2)c1=O)C(=O)N1CCN(c2ccccc2)CC1.